The van der Waals surface area contributed by atoms with Gasteiger partial charge in [0, 0.05) is 4.88 Å². The molecule has 0 bridgehead atoms. The highest BCUT2D eigenvalue weighted by molar-refractivity contribution is 7.15. The quantitative estimate of drug-likeness (QED) is 0.757. The highest BCUT2D eigenvalue weighted by Gasteiger charge is 2.04. The Kier molecular flexibility index (Phi) is 4.08. The second-order valence-corrected chi connectivity index (χ2v) is 6.43. The molecule has 102 valence electrons. The smallest absolute Gasteiger partial charge is 0.205 e. The van der Waals surface area contributed by atoms with Crippen molar-refractivity contribution in [3.05, 3.63) is 51.7 Å². The van der Waals surface area contributed by atoms with Crippen molar-refractivity contribution in [2.45, 2.75) is 19.9 Å². The monoisotopic (exact) mass is 301 g/mol. The minimum Gasteiger partial charge on any atom is -0.355 e. The molecule has 0 unspecified atom stereocenters. The number of rotatable bonds is 5. The van der Waals surface area contributed by atoms with Crippen LogP contribution in [-0.4, -0.2) is 10.2 Å². The molecule has 3 aromatic rings. The molecule has 1 aromatic carbocycles. The topological polar surface area (TPSA) is 37.8 Å². The summed E-state index contributed by atoms with van der Waals surface area (Å²) in [5, 5.41) is 15.7. The van der Waals surface area contributed by atoms with Gasteiger partial charge in [-0.3, -0.25) is 0 Å². The van der Waals surface area contributed by atoms with E-state index in [4.69, 9.17) is 0 Å². The number of nitrogens with one attached hydrogen (secondary N) is 1. The summed E-state index contributed by atoms with van der Waals surface area (Å²) in [5.41, 5.74) is 2.54. The van der Waals surface area contributed by atoms with E-state index < -0.39 is 0 Å². The van der Waals surface area contributed by atoms with Gasteiger partial charge in [-0.05, 0) is 29.0 Å². The number of hydrogen-bond donors (Lipinski definition) is 1. The van der Waals surface area contributed by atoms with Crippen LogP contribution in [0.3, 0.4) is 0 Å². The summed E-state index contributed by atoms with van der Waals surface area (Å²) in [6.45, 7) is 2.89. The normalized spacial score (nSPS) is 10.7. The lowest BCUT2D eigenvalue weighted by molar-refractivity contribution is 0.977. The fraction of sp³-hybridized carbons (Fsp3) is 0.200. The Morgan fingerprint density at radius 2 is 1.95 bits per heavy atom. The van der Waals surface area contributed by atoms with Gasteiger partial charge in [-0.2, -0.15) is 0 Å². The van der Waals surface area contributed by atoms with E-state index in [1.54, 1.807) is 22.7 Å². The third kappa shape index (κ3) is 3.05. The Hall–Kier alpha value is -1.72. The lowest BCUT2D eigenvalue weighted by Gasteiger charge is -1.98. The fourth-order valence-corrected chi connectivity index (χ4v) is 3.39. The van der Waals surface area contributed by atoms with Crippen LogP contribution in [0.5, 0.6) is 0 Å². The maximum atomic E-state index is 4.13. The van der Waals surface area contributed by atoms with Crippen molar-refractivity contribution >= 4 is 27.8 Å². The predicted molar refractivity (Wildman–Crippen MR) is 86.4 cm³/mol. The number of thiophene rings is 1. The Labute approximate surface area is 126 Å². The van der Waals surface area contributed by atoms with E-state index in [9.17, 15) is 0 Å². The van der Waals surface area contributed by atoms with E-state index >= 15 is 0 Å². The first-order valence-corrected chi connectivity index (χ1v) is 8.24. The zero-order valence-corrected chi connectivity index (χ0v) is 12.8. The van der Waals surface area contributed by atoms with Gasteiger partial charge in [0.05, 0.1) is 6.54 Å². The summed E-state index contributed by atoms with van der Waals surface area (Å²) >= 11 is 3.40. The Morgan fingerprint density at radius 1 is 1.10 bits per heavy atom. The van der Waals surface area contributed by atoms with Gasteiger partial charge >= 0.3 is 0 Å². The predicted octanol–water partition coefficient (Wildman–Crippen LogP) is 4.44. The molecule has 2 aromatic heterocycles. The average molecular weight is 301 g/mol. The van der Waals surface area contributed by atoms with Crippen LogP contribution >= 0.6 is 22.7 Å². The maximum Gasteiger partial charge on any atom is 0.205 e. The zero-order chi connectivity index (χ0) is 13.8. The van der Waals surface area contributed by atoms with Crippen LogP contribution in [0.25, 0.3) is 11.1 Å². The van der Waals surface area contributed by atoms with Crippen LogP contribution < -0.4 is 5.32 Å². The molecule has 5 heteroatoms. The highest BCUT2D eigenvalue weighted by atomic mass is 32.1. The lowest BCUT2D eigenvalue weighted by atomic mass is 10.1. The number of anilines is 1. The van der Waals surface area contributed by atoms with E-state index in [0.717, 1.165) is 23.1 Å². The average Bonchev–Trinajstić information content (AvgIpc) is 3.15. The number of aryl methyl sites for hydroxylation is 1. The van der Waals surface area contributed by atoms with Gasteiger partial charge in [-0.1, -0.05) is 48.6 Å². The van der Waals surface area contributed by atoms with Crippen LogP contribution in [0.4, 0.5) is 5.13 Å². The van der Waals surface area contributed by atoms with Gasteiger partial charge in [-0.25, -0.2) is 0 Å². The Bertz CT molecular complexity index is 673. The molecule has 3 rings (SSSR count). The van der Waals surface area contributed by atoms with Gasteiger partial charge in [0.25, 0.3) is 0 Å². The number of aromatic nitrogens is 2. The molecule has 0 fully saturated rings. The van der Waals surface area contributed by atoms with Crippen molar-refractivity contribution < 1.29 is 0 Å². The minimum atomic E-state index is 0.801. The first kappa shape index (κ1) is 13.3. The fourth-order valence-electron chi connectivity index (χ4n) is 1.89. The molecule has 0 aliphatic heterocycles. The molecule has 0 aliphatic rings. The van der Waals surface area contributed by atoms with Gasteiger partial charge in [-0.15, -0.1) is 21.5 Å². The second kappa shape index (κ2) is 6.15. The Morgan fingerprint density at radius 3 is 2.70 bits per heavy atom. The van der Waals surface area contributed by atoms with Crippen LogP contribution in [0, 0.1) is 0 Å². The van der Waals surface area contributed by atoms with E-state index in [2.05, 4.69) is 58.1 Å². The summed E-state index contributed by atoms with van der Waals surface area (Å²) in [6.07, 6.45) is 0.941. The van der Waals surface area contributed by atoms with Crippen LogP contribution in [-0.2, 0) is 13.0 Å². The van der Waals surface area contributed by atoms with Crippen LogP contribution in [0.2, 0.25) is 0 Å². The van der Waals surface area contributed by atoms with E-state index in [1.807, 2.05) is 6.07 Å². The molecule has 0 radical (unpaired) electrons. The molecule has 1 N–H and O–H groups in total. The third-order valence-corrected chi connectivity index (χ3v) is 4.91. The molecular weight excluding hydrogens is 286 g/mol. The first-order chi connectivity index (χ1) is 9.85. The summed E-state index contributed by atoms with van der Waals surface area (Å²) in [7, 11) is 0. The van der Waals surface area contributed by atoms with E-state index in [1.165, 1.54) is 16.0 Å². The SMILES string of the molecule is CCc1nnc(NCc2cc(-c3ccccc3)cs2)s1. The molecule has 0 saturated heterocycles. The molecule has 20 heavy (non-hydrogen) atoms. The highest BCUT2D eigenvalue weighted by Crippen LogP contribution is 2.26. The maximum absolute atomic E-state index is 4.13. The molecule has 0 atom stereocenters. The van der Waals surface area contributed by atoms with Crippen molar-refractivity contribution in [3.8, 4) is 11.1 Å². The molecule has 0 spiro atoms. The van der Waals surface area contributed by atoms with Gasteiger partial charge in [0.2, 0.25) is 5.13 Å². The summed E-state index contributed by atoms with van der Waals surface area (Å²) in [6, 6.07) is 12.7. The van der Waals surface area contributed by atoms with Crippen molar-refractivity contribution in [3.63, 3.8) is 0 Å². The van der Waals surface area contributed by atoms with Gasteiger partial charge < -0.3 is 5.32 Å². The summed E-state index contributed by atoms with van der Waals surface area (Å²) < 4.78 is 0. The minimum absolute atomic E-state index is 0.801. The molecule has 0 aliphatic carbocycles. The first-order valence-electron chi connectivity index (χ1n) is 6.54. The third-order valence-electron chi connectivity index (χ3n) is 2.94. The zero-order valence-electron chi connectivity index (χ0n) is 11.2. The molecule has 0 amide bonds. The van der Waals surface area contributed by atoms with Crippen LogP contribution in [0.1, 0.15) is 16.8 Å². The standard InChI is InChI=1S/C15H15N3S2/c1-2-14-17-18-15(20-14)16-9-13-8-12(10-19-13)11-6-4-3-5-7-11/h3-8,10H,2,9H2,1H3,(H,16,18). The molecule has 0 saturated carbocycles. The summed E-state index contributed by atoms with van der Waals surface area (Å²) in [5.74, 6) is 0. The van der Waals surface area contributed by atoms with Crippen molar-refractivity contribution in [1.29, 1.82) is 0 Å². The summed E-state index contributed by atoms with van der Waals surface area (Å²) in [4.78, 5) is 1.30. The molecule has 2 heterocycles. The van der Waals surface area contributed by atoms with Gasteiger partial charge in [0.1, 0.15) is 5.01 Å². The second-order valence-electron chi connectivity index (χ2n) is 4.38. The van der Waals surface area contributed by atoms with Gasteiger partial charge in [0.15, 0.2) is 0 Å². The van der Waals surface area contributed by atoms with E-state index in [0.29, 0.717) is 0 Å². The van der Waals surface area contributed by atoms with Crippen molar-refractivity contribution in [2.24, 2.45) is 0 Å². The number of nitrogens with zero attached hydrogens (tertiary/aromatic N) is 2. The number of benzene rings is 1. The van der Waals surface area contributed by atoms with E-state index in [-0.39, 0.29) is 0 Å². The Balaban J connectivity index is 1.65. The molecule has 3 nitrogen and oxygen atoms in total. The molecular formula is C15H15N3S2. The largest absolute Gasteiger partial charge is 0.355 e. The van der Waals surface area contributed by atoms with Crippen molar-refractivity contribution in [2.75, 3.05) is 5.32 Å². The van der Waals surface area contributed by atoms with Crippen molar-refractivity contribution in [1.82, 2.24) is 10.2 Å². The number of hydrogen-bond acceptors (Lipinski definition) is 5. The lowest BCUT2D eigenvalue weighted by Crippen LogP contribution is -1.96. The van der Waals surface area contributed by atoms with Crippen LogP contribution in [0.15, 0.2) is 41.8 Å².